The van der Waals surface area contributed by atoms with Crippen LogP contribution >= 0.6 is 0 Å². The van der Waals surface area contributed by atoms with Crippen LogP contribution in [0.25, 0.3) is 0 Å². The fourth-order valence-electron chi connectivity index (χ4n) is 2.69. The van der Waals surface area contributed by atoms with Gasteiger partial charge in [-0.05, 0) is 49.2 Å². The molecule has 2 aromatic carbocycles. The third-order valence-corrected chi connectivity index (χ3v) is 9.16. The molecule has 2 aromatic rings. The van der Waals surface area contributed by atoms with Crippen molar-refractivity contribution in [2.75, 3.05) is 13.1 Å². The van der Waals surface area contributed by atoms with Gasteiger partial charge in [-0.1, -0.05) is 38.8 Å². The molecule has 11 heteroatoms. The zero-order chi connectivity index (χ0) is 23.1. The highest BCUT2D eigenvalue weighted by molar-refractivity contribution is 7.92. The Morgan fingerprint density at radius 1 is 0.613 bits per heavy atom. The fraction of sp³-hybridized carbons (Fsp3) is 0.400. The summed E-state index contributed by atoms with van der Waals surface area (Å²) in [4.78, 5) is -0.817. The molecular weight excluding hydrogens is 460 g/mol. The normalized spacial score (nSPS) is 12.7. The van der Waals surface area contributed by atoms with Crippen LogP contribution < -0.4 is 9.44 Å². The zero-order valence-corrected chi connectivity index (χ0v) is 20.0. The van der Waals surface area contributed by atoms with Gasteiger partial charge in [0, 0.05) is 13.1 Å². The SMILES string of the molecule is CCCCNS(=O)(=O)c1cccc(S(=O)(=O)c2cccc(S(=O)(=O)NCCCC)c2)c1. The average Bonchev–Trinajstić information content (AvgIpc) is 2.74. The van der Waals surface area contributed by atoms with Crippen molar-refractivity contribution in [1.82, 2.24) is 9.44 Å². The van der Waals surface area contributed by atoms with Gasteiger partial charge in [-0.3, -0.25) is 0 Å². The number of nitrogens with one attached hydrogen (secondary N) is 2. The van der Waals surface area contributed by atoms with E-state index in [0.29, 0.717) is 12.8 Å². The molecule has 0 fully saturated rings. The van der Waals surface area contributed by atoms with E-state index in [-0.39, 0.29) is 32.7 Å². The number of sulfone groups is 1. The van der Waals surface area contributed by atoms with Gasteiger partial charge in [0.1, 0.15) is 0 Å². The van der Waals surface area contributed by atoms with E-state index in [1.807, 2.05) is 13.8 Å². The first-order valence-corrected chi connectivity index (χ1v) is 14.4. The van der Waals surface area contributed by atoms with Crippen molar-refractivity contribution in [3.8, 4) is 0 Å². The molecule has 8 nitrogen and oxygen atoms in total. The van der Waals surface area contributed by atoms with E-state index in [1.54, 1.807) is 0 Å². The maximum Gasteiger partial charge on any atom is 0.240 e. The van der Waals surface area contributed by atoms with E-state index >= 15 is 0 Å². The molecule has 0 saturated carbocycles. The lowest BCUT2D eigenvalue weighted by Crippen LogP contribution is -2.25. The number of rotatable bonds is 12. The van der Waals surface area contributed by atoms with Crippen LogP contribution in [-0.4, -0.2) is 38.3 Å². The Labute approximate surface area is 185 Å². The van der Waals surface area contributed by atoms with Crippen LogP contribution in [0.2, 0.25) is 0 Å². The van der Waals surface area contributed by atoms with Crippen molar-refractivity contribution < 1.29 is 25.3 Å². The Bertz CT molecular complexity index is 1120. The summed E-state index contributed by atoms with van der Waals surface area (Å²) >= 11 is 0. The summed E-state index contributed by atoms with van der Waals surface area (Å²) in [5, 5.41) is 0. The highest BCUT2D eigenvalue weighted by atomic mass is 32.2. The van der Waals surface area contributed by atoms with Gasteiger partial charge >= 0.3 is 0 Å². The highest BCUT2D eigenvalue weighted by Crippen LogP contribution is 2.25. The Kier molecular flexibility index (Phi) is 8.78. The van der Waals surface area contributed by atoms with Gasteiger partial charge < -0.3 is 0 Å². The van der Waals surface area contributed by atoms with Gasteiger partial charge in [0.2, 0.25) is 29.9 Å². The van der Waals surface area contributed by atoms with Gasteiger partial charge in [0.15, 0.2) is 0 Å². The molecule has 0 bridgehead atoms. The van der Waals surface area contributed by atoms with Gasteiger partial charge in [0.05, 0.1) is 19.6 Å². The van der Waals surface area contributed by atoms with Crippen molar-refractivity contribution in [3.05, 3.63) is 48.5 Å². The molecular formula is C20H28N2O6S3. The third kappa shape index (κ3) is 6.59. The molecule has 0 aliphatic heterocycles. The Balaban J connectivity index is 2.39. The molecule has 31 heavy (non-hydrogen) atoms. The summed E-state index contributed by atoms with van der Waals surface area (Å²) in [5.41, 5.74) is 0. The predicted octanol–water partition coefficient (Wildman–Crippen LogP) is 2.68. The van der Waals surface area contributed by atoms with Crippen molar-refractivity contribution in [2.24, 2.45) is 0 Å². The first kappa shape index (κ1) is 25.5. The lowest BCUT2D eigenvalue weighted by molar-refractivity contribution is 0.576. The smallest absolute Gasteiger partial charge is 0.219 e. The summed E-state index contributed by atoms with van der Waals surface area (Å²) in [7, 11) is -11.9. The van der Waals surface area contributed by atoms with E-state index in [2.05, 4.69) is 9.44 Å². The average molecular weight is 489 g/mol. The molecule has 0 saturated heterocycles. The summed E-state index contributed by atoms with van der Waals surface area (Å²) in [5.74, 6) is 0. The number of sulfonamides is 2. The molecule has 0 amide bonds. The summed E-state index contributed by atoms with van der Waals surface area (Å²) in [6.45, 7) is 4.35. The van der Waals surface area contributed by atoms with E-state index in [4.69, 9.17) is 0 Å². The van der Waals surface area contributed by atoms with Gasteiger partial charge in [0.25, 0.3) is 0 Å². The molecule has 0 atom stereocenters. The van der Waals surface area contributed by atoms with Gasteiger partial charge in [-0.15, -0.1) is 0 Å². The minimum atomic E-state index is -4.14. The van der Waals surface area contributed by atoms with Crippen LogP contribution in [0.5, 0.6) is 0 Å². The second-order valence-electron chi connectivity index (χ2n) is 6.96. The summed E-state index contributed by atoms with van der Waals surface area (Å²) in [6, 6.07) is 10.0. The Morgan fingerprint density at radius 3 is 1.32 bits per heavy atom. The monoisotopic (exact) mass is 488 g/mol. The Morgan fingerprint density at radius 2 is 0.968 bits per heavy atom. The van der Waals surface area contributed by atoms with E-state index in [1.165, 1.54) is 36.4 Å². The van der Waals surface area contributed by atoms with Crippen LogP contribution in [0.1, 0.15) is 39.5 Å². The topological polar surface area (TPSA) is 126 Å². The van der Waals surface area contributed by atoms with E-state index in [0.717, 1.165) is 25.0 Å². The number of unbranched alkanes of at least 4 members (excludes halogenated alkanes) is 2. The summed E-state index contributed by atoms with van der Waals surface area (Å²) < 4.78 is 80.8. The molecule has 0 radical (unpaired) electrons. The molecule has 0 aliphatic rings. The third-order valence-electron chi connectivity index (χ3n) is 4.50. The maximum atomic E-state index is 13.1. The molecule has 172 valence electrons. The van der Waals surface area contributed by atoms with Crippen LogP contribution in [0.15, 0.2) is 68.1 Å². The van der Waals surface area contributed by atoms with Gasteiger partial charge in [-0.25, -0.2) is 34.7 Å². The van der Waals surface area contributed by atoms with Gasteiger partial charge in [-0.2, -0.15) is 0 Å². The van der Waals surface area contributed by atoms with Crippen LogP contribution in [0.4, 0.5) is 0 Å². The quantitative estimate of drug-likeness (QED) is 0.442. The lowest BCUT2D eigenvalue weighted by atomic mass is 10.3. The van der Waals surface area contributed by atoms with Crippen LogP contribution in [-0.2, 0) is 29.9 Å². The van der Waals surface area contributed by atoms with Crippen LogP contribution in [0.3, 0.4) is 0 Å². The predicted molar refractivity (Wildman–Crippen MR) is 119 cm³/mol. The lowest BCUT2D eigenvalue weighted by Gasteiger charge is -2.11. The first-order chi connectivity index (χ1) is 14.5. The largest absolute Gasteiger partial charge is 0.240 e. The molecule has 2 rings (SSSR count). The first-order valence-electron chi connectivity index (χ1n) is 9.99. The number of hydrogen-bond acceptors (Lipinski definition) is 6. The van der Waals surface area contributed by atoms with Crippen LogP contribution in [0, 0.1) is 0 Å². The maximum absolute atomic E-state index is 13.1. The molecule has 2 N–H and O–H groups in total. The van der Waals surface area contributed by atoms with Crippen molar-refractivity contribution in [2.45, 2.75) is 59.1 Å². The van der Waals surface area contributed by atoms with Crippen molar-refractivity contribution in [3.63, 3.8) is 0 Å². The van der Waals surface area contributed by atoms with Crippen molar-refractivity contribution >= 4 is 29.9 Å². The second kappa shape index (κ2) is 10.7. The highest BCUT2D eigenvalue weighted by Gasteiger charge is 2.23. The number of benzene rings is 2. The standard InChI is InChI=1S/C20H28N2O6S3/c1-3-5-13-21-30(25,26)19-11-7-9-17(15-19)29(23,24)18-10-8-12-20(16-18)31(27,28)22-14-6-4-2/h7-12,15-16,21-22H,3-6,13-14H2,1-2H3. The summed E-state index contributed by atoms with van der Waals surface area (Å²) in [6.07, 6.45) is 2.93. The molecule has 0 heterocycles. The van der Waals surface area contributed by atoms with E-state index in [9.17, 15) is 25.3 Å². The molecule has 0 aromatic heterocycles. The molecule has 0 aliphatic carbocycles. The Hall–Kier alpha value is -1.79. The van der Waals surface area contributed by atoms with E-state index < -0.39 is 29.9 Å². The fourth-order valence-corrected chi connectivity index (χ4v) is 6.43. The molecule has 0 spiro atoms. The minimum Gasteiger partial charge on any atom is -0.219 e. The number of hydrogen-bond donors (Lipinski definition) is 2. The van der Waals surface area contributed by atoms with Crippen molar-refractivity contribution in [1.29, 1.82) is 0 Å². The minimum absolute atomic E-state index is 0.172. The zero-order valence-electron chi connectivity index (χ0n) is 17.5. The second-order valence-corrected chi connectivity index (χ2v) is 12.4. The molecule has 0 unspecified atom stereocenters.